The second-order valence-corrected chi connectivity index (χ2v) is 9.39. The molecule has 1 saturated heterocycles. The predicted octanol–water partition coefficient (Wildman–Crippen LogP) is 2.59. The smallest absolute Gasteiger partial charge is 0.329 e. The number of carbonyl (C=O) groups excluding carboxylic acids is 4. The SMILES string of the molecule is CC(C)CC(C(=O)OCC(=O)NC1CCCCC1C)N1C(=O)C2CC=CCC2C1=O. The van der Waals surface area contributed by atoms with Gasteiger partial charge in [-0.1, -0.05) is 45.8 Å². The van der Waals surface area contributed by atoms with Crippen molar-refractivity contribution in [2.45, 2.75) is 77.8 Å². The van der Waals surface area contributed by atoms with Gasteiger partial charge in [0.1, 0.15) is 6.04 Å². The molecule has 5 atom stereocenters. The zero-order valence-electron chi connectivity index (χ0n) is 18.3. The number of rotatable bonds is 7. The minimum absolute atomic E-state index is 0.0841. The summed E-state index contributed by atoms with van der Waals surface area (Å²) in [5, 5.41) is 2.96. The van der Waals surface area contributed by atoms with Crippen LogP contribution in [0, 0.1) is 23.7 Å². The number of hydrogen-bond donors (Lipinski definition) is 1. The van der Waals surface area contributed by atoms with Gasteiger partial charge >= 0.3 is 5.97 Å². The van der Waals surface area contributed by atoms with Gasteiger partial charge in [-0.05, 0) is 43.9 Å². The topological polar surface area (TPSA) is 92.8 Å². The number of nitrogens with one attached hydrogen (secondary N) is 1. The van der Waals surface area contributed by atoms with Gasteiger partial charge in [-0.15, -0.1) is 0 Å². The fourth-order valence-corrected chi connectivity index (χ4v) is 4.90. The van der Waals surface area contributed by atoms with E-state index in [1.807, 2.05) is 26.0 Å². The number of fused-ring (bicyclic) bond motifs is 1. The summed E-state index contributed by atoms with van der Waals surface area (Å²) in [6, 6.07) is -0.870. The maximum absolute atomic E-state index is 12.9. The van der Waals surface area contributed by atoms with Crippen LogP contribution in [0.4, 0.5) is 0 Å². The molecule has 0 radical (unpaired) electrons. The quantitative estimate of drug-likeness (QED) is 0.390. The average molecular weight is 419 g/mol. The number of carbonyl (C=O) groups is 4. The van der Waals surface area contributed by atoms with Crippen molar-refractivity contribution >= 4 is 23.7 Å². The number of nitrogens with zero attached hydrogens (tertiary/aromatic N) is 1. The van der Waals surface area contributed by atoms with Crippen LogP contribution in [0.25, 0.3) is 0 Å². The number of likely N-dealkylation sites (tertiary alicyclic amines) is 1. The molecule has 2 fully saturated rings. The van der Waals surface area contributed by atoms with Crippen molar-refractivity contribution in [1.29, 1.82) is 0 Å². The molecule has 3 aliphatic rings. The number of ether oxygens (including phenoxy) is 1. The molecule has 3 amide bonds. The minimum atomic E-state index is -0.975. The summed E-state index contributed by atoms with van der Waals surface area (Å²) in [4.78, 5) is 52.1. The number of amides is 3. The molecule has 7 heteroatoms. The summed E-state index contributed by atoms with van der Waals surface area (Å²) >= 11 is 0. The first-order chi connectivity index (χ1) is 14.3. The highest BCUT2D eigenvalue weighted by atomic mass is 16.5. The Morgan fingerprint density at radius 3 is 2.27 bits per heavy atom. The molecule has 0 aromatic heterocycles. The highest BCUT2D eigenvalue weighted by molar-refractivity contribution is 6.08. The molecule has 7 nitrogen and oxygen atoms in total. The van der Waals surface area contributed by atoms with Crippen LogP contribution in [0.15, 0.2) is 12.2 Å². The Balaban J connectivity index is 1.62. The Kier molecular flexibility index (Phi) is 7.32. The van der Waals surface area contributed by atoms with Crippen LogP contribution in [0.5, 0.6) is 0 Å². The first-order valence-electron chi connectivity index (χ1n) is 11.3. The Hall–Kier alpha value is -2.18. The van der Waals surface area contributed by atoms with Crippen molar-refractivity contribution in [1.82, 2.24) is 10.2 Å². The first-order valence-corrected chi connectivity index (χ1v) is 11.3. The van der Waals surface area contributed by atoms with Crippen molar-refractivity contribution in [2.75, 3.05) is 6.61 Å². The second-order valence-electron chi connectivity index (χ2n) is 9.39. The highest BCUT2D eigenvalue weighted by Crippen LogP contribution is 2.37. The van der Waals surface area contributed by atoms with Crippen LogP contribution in [0.3, 0.4) is 0 Å². The largest absolute Gasteiger partial charge is 0.454 e. The lowest BCUT2D eigenvalue weighted by molar-refractivity contribution is -0.161. The molecule has 3 rings (SSSR count). The zero-order chi connectivity index (χ0) is 21.8. The van der Waals surface area contributed by atoms with E-state index in [0.717, 1.165) is 24.2 Å². The standard InChI is InChI=1S/C23H34N2O5/c1-14(2)12-19(25-21(27)16-9-5-6-10-17(16)22(25)28)23(29)30-13-20(26)24-18-11-7-4-8-15(18)3/h5-6,14-19H,4,7-13H2,1-3H3,(H,24,26). The monoisotopic (exact) mass is 418 g/mol. The van der Waals surface area contributed by atoms with E-state index in [2.05, 4.69) is 12.2 Å². The Bertz CT molecular complexity index is 690. The number of esters is 1. The molecule has 1 heterocycles. The molecule has 2 aliphatic carbocycles. The summed E-state index contributed by atoms with van der Waals surface area (Å²) < 4.78 is 5.29. The number of hydrogen-bond acceptors (Lipinski definition) is 5. The van der Waals surface area contributed by atoms with E-state index in [0.29, 0.717) is 25.2 Å². The van der Waals surface area contributed by atoms with Crippen LogP contribution in [0.2, 0.25) is 0 Å². The average Bonchev–Trinajstić information content (AvgIpc) is 2.97. The van der Waals surface area contributed by atoms with E-state index in [1.165, 1.54) is 6.42 Å². The van der Waals surface area contributed by atoms with Crippen molar-refractivity contribution in [3.63, 3.8) is 0 Å². The van der Waals surface area contributed by atoms with E-state index in [-0.39, 0.29) is 48.1 Å². The van der Waals surface area contributed by atoms with Gasteiger partial charge in [0, 0.05) is 6.04 Å². The third-order valence-corrected chi connectivity index (χ3v) is 6.62. The van der Waals surface area contributed by atoms with Gasteiger partial charge in [0.25, 0.3) is 5.91 Å². The summed E-state index contributed by atoms with van der Waals surface area (Å²) in [5.41, 5.74) is 0. The van der Waals surface area contributed by atoms with E-state index in [1.54, 1.807) is 0 Å². The van der Waals surface area contributed by atoms with Gasteiger partial charge in [-0.25, -0.2) is 4.79 Å². The Morgan fingerprint density at radius 2 is 1.70 bits per heavy atom. The van der Waals surface area contributed by atoms with Crippen molar-refractivity contribution < 1.29 is 23.9 Å². The van der Waals surface area contributed by atoms with Crippen molar-refractivity contribution in [3.8, 4) is 0 Å². The molecule has 0 bridgehead atoms. The van der Waals surface area contributed by atoms with Crippen molar-refractivity contribution in [3.05, 3.63) is 12.2 Å². The van der Waals surface area contributed by atoms with Gasteiger partial charge in [-0.3, -0.25) is 19.3 Å². The van der Waals surface area contributed by atoms with E-state index in [9.17, 15) is 19.2 Å². The lowest BCUT2D eigenvalue weighted by Gasteiger charge is -2.29. The highest BCUT2D eigenvalue weighted by Gasteiger charge is 2.51. The van der Waals surface area contributed by atoms with Gasteiger partial charge in [0.15, 0.2) is 6.61 Å². The van der Waals surface area contributed by atoms with E-state index < -0.39 is 12.0 Å². The van der Waals surface area contributed by atoms with Crippen LogP contribution >= 0.6 is 0 Å². The van der Waals surface area contributed by atoms with Gasteiger partial charge in [0.2, 0.25) is 11.8 Å². The molecule has 0 aromatic rings. The second kappa shape index (κ2) is 9.75. The van der Waals surface area contributed by atoms with Crippen molar-refractivity contribution in [2.24, 2.45) is 23.7 Å². The molecule has 1 aliphatic heterocycles. The first kappa shape index (κ1) is 22.5. The maximum Gasteiger partial charge on any atom is 0.329 e. The van der Waals surface area contributed by atoms with Crippen LogP contribution in [-0.2, 0) is 23.9 Å². The molecule has 0 spiro atoms. The fourth-order valence-electron chi connectivity index (χ4n) is 4.90. The van der Waals surface area contributed by atoms with Gasteiger partial charge < -0.3 is 10.1 Å². The van der Waals surface area contributed by atoms with Crippen LogP contribution in [0.1, 0.15) is 65.7 Å². The molecule has 0 aromatic carbocycles. The van der Waals surface area contributed by atoms with Crippen LogP contribution < -0.4 is 5.32 Å². The van der Waals surface area contributed by atoms with E-state index >= 15 is 0 Å². The summed E-state index contributed by atoms with van der Waals surface area (Å²) in [6.45, 7) is 5.59. The predicted molar refractivity (Wildman–Crippen MR) is 111 cm³/mol. The molecular weight excluding hydrogens is 384 g/mol. The minimum Gasteiger partial charge on any atom is -0.454 e. The number of imide groups is 1. The third kappa shape index (κ3) is 4.93. The summed E-state index contributed by atoms with van der Waals surface area (Å²) in [5.74, 6) is -1.88. The normalized spacial score (nSPS) is 29.7. The van der Waals surface area contributed by atoms with E-state index in [4.69, 9.17) is 4.74 Å². The third-order valence-electron chi connectivity index (χ3n) is 6.62. The van der Waals surface area contributed by atoms with Gasteiger partial charge in [-0.2, -0.15) is 0 Å². The Morgan fingerprint density at radius 1 is 1.10 bits per heavy atom. The molecule has 1 saturated carbocycles. The summed E-state index contributed by atoms with van der Waals surface area (Å²) in [7, 11) is 0. The zero-order valence-corrected chi connectivity index (χ0v) is 18.3. The molecule has 5 unspecified atom stereocenters. The summed E-state index contributed by atoms with van der Waals surface area (Å²) in [6.07, 6.45) is 9.49. The molecular formula is C23H34N2O5. The van der Waals surface area contributed by atoms with Crippen LogP contribution in [-0.4, -0.2) is 47.3 Å². The van der Waals surface area contributed by atoms with Gasteiger partial charge in [0.05, 0.1) is 11.8 Å². The lowest BCUT2D eigenvalue weighted by atomic mass is 9.85. The molecule has 1 N–H and O–H groups in total. The number of allylic oxidation sites excluding steroid dienone is 2. The maximum atomic E-state index is 12.9. The Labute approximate surface area is 178 Å². The molecule has 166 valence electrons. The molecule has 30 heavy (non-hydrogen) atoms. The lowest BCUT2D eigenvalue weighted by Crippen LogP contribution is -2.48. The fraction of sp³-hybridized carbons (Fsp3) is 0.739.